The first kappa shape index (κ1) is 28.5. The maximum absolute atomic E-state index is 14.1. The number of ether oxygens (including phenoxy) is 1. The molecular weight excluding hydrogens is 478 g/mol. The van der Waals surface area contributed by atoms with Gasteiger partial charge in [0.2, 0.25) is 11.8 Å². The Morgan fingerprint density at radius 1 is 1.11 bits per heavy atom. The smallest absolute Gasteiger partial charge is 0.410 e. The lowest BCUT2D eigenvalue weighted by molar-refractivity contribution is -0.152. The van der Waals surface area contributed by atoms with Crippen LogP contribution < -0.4 is 5.32 Å². The number of carbonyl (C=O) groups excluding carboxylic acids is 3. The number of hydrogen-bond acceptors (Lipinski definition) is 6. The van der Waals surface area contributed by atoms with Crippen LogP contribution in [-0.4, -0.2) is 69.6 Å². The number of nitrogens with zero attached hydrogens (tertiary/aromatic N) is 2. The van der Waals surface area contributed by atoms with Gasteiger partial charge in [0.1, 0.15) is 35.2 Å². The number of carboxylic acids is 1. The first-order valence-corrected chi connectivity index (χ1v) is 13.2. The van der Waals surface area contributed by atoms with Gasteiger partial charge in [-0.05, 0) is 78.4 Å². The zero-order chi connectivity index (χ0) is 27.5. The van der Waals surface area contributed by atoms with Gasteiger partial charge >= 0.3 is 12.1 Å². The molecule has 2 heterocycles. The van der Waals surface area contributed by atoms with E-state index in [4.69, 9.17) is 9.15 Å². The van der Waals surface area contributed by atoms with Crippen LogP contribution in [0, 0.1) is 12.8 Å². The fraction of sp³-hybridized carbons (Fsp3) is 0.704. The Hall–Kier alpha value is -3.04. The van der Waals surface area contributed by atoms with Crippen LogP contribution in [-0.2, 0) is 19.1 Å². The van der Waals surface area contributed by atoms with E-state index in [1.807, 2.05) is 0 Å². The molecule has 2 aliphatic rings. The lowest BCUT2D eigenvalue weighted by Crippen LogP contribution is -2.58. The third-order valence-electron chi connectivity index (χ3n) is 7.34. The number of aryl methyl sites for hydroxylation is 1. The van der Waals surface area contributed by atoms with E-state index in [-0.39, 0.29) is 5.92 Å². The molecule has 1 saturated heterocycles. The van der Waals surface area contributed by atoms with E-state index < -0.39 is 53.6 Å². The Morgan fingerprint density at radius 2 is 1.76 bits per heavy atom. The number of carbonyl (C=O) groups is 4. The number of likely N-dealkylation sites (N-methyl/N-ethyl adjacent to an activating group) is 1. The normalized spacial score (nSPS) is 22.3. The standard InChI is InChI=1S/C27H41N3O7/c1-16-12-15-21(36-16)19-13-14-20(25(33)34)30(19)24(32)22(18-10-8-7-9-11-18)28-23(31)17(2)29(6)26(35)37-27(3,4)5/h12,15,17-20,22H,7-11,13-14H2,1-6H3,(H,28,31)(H,33,34)/t17?,19-,20+,22?/m1/s1. The number of amides is 3. The largest absolute Gasteiger partial charge is 0.480 e. The highest BCUT2D eigenvalue weighted by Crippen LogP contribution is 2.39. The molecule has 4 atom stereocenters. The second-order valence-corrected chi connectivity index (χ2v) is 11.3. The number of carboxylic acid groups (broad SMARTS) is 1. The number of hydrogen-bond donors (Lipinski definition) is 2. The van der Waals surface area contributed by atoms with Crippen molar-refractivity contribution >= 4 is 23.9 Å². The van der Waals surface area contributed by atoms with Crippen molar-refractivity contribution in [2.75, 3.05) is 7.05 Å². The average molecular weight is 520 g/mol. The Labute approximate surface area is 218 Å². The third-order valence-corrected chi connectivity index (χ3v) is 7.34. The predicted molar refractivity (Wildman–Crippen MR) is 136 cm³/mol. The van der Waals surface area contributed by atoms with Crippen LogP contribution in [0.15, 0.2) is 16.5 Å². The molecule has 1 aliphatic carbocycles. The molecule has 0 spiro atoms. The minimum absolute atomic E-state index is 0.127. The Morgan fingerprint density at radius 3 is 2.30 bits per heavy atom. The molecule has 206 valence electrons. The summed E-state index contributed by atoms with van der Waals surface area (Å²) in [6, 6.07) is 0.240. The Kier molecular flexibility index (Phi) is 8.92. The molecule has 1 aromatic heterocycles. The number of furan rings is 1. The van der Waals surface area contributed by atoms with Crippen LogP contribution in [0.4, 0.5) is 4.79 Å². The van der Waals surface area contributed by atoms with Crippen LogP contribution in [0.1, 0.15) is 90.2 Å². The van der Waals surface area contributed by atoms with Crippen molar-refractivity contribution in [2.24, 2.45) is 5.92 Å². The molecule has 2 unspecified atom stereocenters. The van der Waals surface area contributed by atoms with Crippen LogP contribution in [0.3, 0.4) is 0 Å². The fourth-order valence-corrected chi connectivity index (χ4v) is 5.22. The molecular formula is C27H41N3O7. The van der Waals surface area contributed by atoms with E-state index in [1.165, 1.54) is 16.8 Å². The summed E-state index contributed by atoms with van der Waals surface area (Å²) >= 11 is 0. The fourth-order valence-electron chi connectivity index (χ4n) is 5.22. The van der Waals surface area contributed by atoms with E-state index in [2.05, 4.69) is 5.32 Å². The zero-order valence-corrected chi connectivity index (χ0v) is 22.8. The number of rotatable bonds is 7. The first-order valence-electron chi connectivity index (χ1n) is 13.2. The maximum atomic E-state index is 14.1. The van der Waals surface area contributed by atoms with Gasteiger partial charge in [0.15, 0.2) is 0 Å². The molecule has 1 saturated carbocycles. The van der Waals surface area contributed by atoms with E-state index in [1.54, 1.807) is 46.8 Å². The predicted octanol–water partition coefficient (Wildman–Crippen LogP) is 4.03. The molecule has 1 aromatic rings. The minimum atomic E-state index is -1.08. The molecule has 3 rings (SSSR count). The quantitative estimate of drug-likeness (QED) is 0.556. The maximum Gasteiger partial charge on any atom is 0.410 e. The van der Waals surface area contributed by atoms with E-state index >= 15 is 0 Å². The van der Waals surface area contributed by atoms with Gasteiger partial charge in [0.05, 0.1) is 6.04 Å². The zero-order valence-electron chi connectivity index (χ0n) is 22.8. The van der Waals surface area contributed by atoms with E-state index in [9.17, 15) is 24.3 Å². The molecule has 10 heteroatoms. The van der Waals surface area contributed by atoms with Crippen molar-refractivity contribution in [1.29, 1.82) is 0 Å². The summed E-state index contributed by atoms with van der Waals surface area (Å²) in [5.41, 5.74) is -0.719. The number of nitrogens with one attached hydrogen (secondary N) is 1. The van der Waals surface area contributed by atoms with Crippen molar-refractivity contribution in [3.8, 4) is 0 Å². The minimum Gasteiger partial charge on any atom is -0.480 e. The monoisotopic (exact) mass is 519 g/mol. The Balaban J connectivity index is 1.86. The molecule has 37 heavy (non-hydrogen) atoms. The van der Waals surface area contributed by atoms with E-state index in [0.29, 0.717) is 24.4 Å². The summed E-state index contributed by atoms with van der Waals surface area (Å²) in [5.74, 6) is -0.895. The highest BCUT2D eigenvalue weighted by Gasteiger charge is 2.47. The summed E-state index contributed by atoms with van der Waals surface area (Å²) in [4.78, 5) is 54.7. The van der Waals surface area contributed by atoms with Gasteiger partial charge in [-0.25, -0.2) is 9.59 Å². The molecule has 0 aromatic carbocycles. The summed E-state index contributed by atoms with van der Waals surface area (Å²) in [6.07, 6.45) is 4.54. The van der Waals surface area contributed by atoms with Crippen molar-refractivity contribution in [1.82, 2.24) is 15.1 Å². The highest BCUT2D eigenvalue weighted by molar-refractivity contribution is 5.93. The lowest BCUT2D eigenvalue weighted by Gasteiger charge is -2.37. The SMILES string of the molecule is Cc1ccc([C@H]2CC[C@@H](C(=O)O)N2C(=O)C(NC(=O)C(C)N(C)C(=O)OC(C)(C)C)C2CCCCC2)o1. The van der Waals surface area contributed by atoms with Gasteiger partial charge in [-0.1, -0.05) is 19.3 Å². The molecule has 10 nitrogen and oxygen atoms in total. The first-order chi connectivity index (χ1) is 17.3. The van der Waals surface area contributed by atoms with Gasteiger partial charge in [-0.15, -0.1) is 0 Å². The van der Waals surface area contributed by atoms with Gasteiger partial charge in [-0.3, -0.25) is 14.5 Å². The highest BCUT2D eigenvalue weighted by atomic mass is 16.6. The van der Waals surface area contributed by atoms with Crippen LogP contribution in [0.25, 0.3) is 0 Å². The molecule has 3 amide bonds. The van der Waals surface area contributed by atoms with Gasteiger partial charge in [-0.2, -0.15) is 0 Å². The lowest BCUT2D eigenvalue weighted by atomic mass is 9.83. The molecule has 0 radical (unpaired) electrons. The third kappa shape index (κ3) is 6.84. The number of likely N-dealkylation sites (tertiary alicyclic amines) is 1. The number of aliphatic carboxylic acids is 1. The summed E-state index contributed by atoms with van der Waals surface area (Å²) in [7, 11) is 1.48. The Bertz CT molecular complexity index is 992. The summed E-state index contributed by atoms with van der Waals surface area (Å²) in [6.45, 7) is 8.60. The topological polar surface area (TPSA) is 129 Å². The molecule has 1 aliphatic heterocycles. The van der Waals surface area contributed by atoms with Crippen molar-refractivity contribution < 1.29 is 33.4 Å². The van der Waals surface area contributed by atoms with E-state index in [0.717, 1.165) is 32.1 Å². The van der Waals surface area contributed by atoms with Crippen LogP contribution >= 0.6 is 0 Å². The molecule has 2 N–H and O–H groups in total. The summed E-state index contributed by atoms with van der Waals surface area (Å²) in [5, 5.41) is 12.8. The second kappa shape index (κ2) is 11.6. The molecule has 0 bridgehead atoms. The van der Waals surface area contributed by atoms with Gasteiger partial charge in [0.25, 0.3) is 0 Å². The van der Waals surface area contributed by atoms with Crippen LogP contribution in [0.5, 0.6) is 0 Å². The van der Waals surface area contributed by atoms with Crippen LogP contribution in [0.2, 0.25) is 0 Å². The van der Waals surface area contributed by atoms with Crippen molar-refractivity contribution in [3.63, 3.8) is 0 Å². The van der Waals surface area contributed by atoms with Gasteiger partial charge in [0, 0.05) is 7.05 Å². The average Bonchev–Trinajstić information content (AvgIpc) is 3.46. The molecule has 2 fully saturated rings. The van der Waals surface area contributed by atoms with Crippen molar-refractivity contribution in [2.45, 2.75) is 109 Å². The van der Waals surface area contributed by atoms with Crippen molar-refractivity contribution in [3.05, 3.63) is 23.7 Å². The summed E-state index contributed by atoms with van der Waals surface area (Å²) < 4.78 is 11.2. The second-order valence-electron chi connectivity index (χ2n) is 11.3. The van der Waals surface area contributed by atoms with Gasteiger partial charge < -0.3 is 24.5 Å².